The molecule has 1 aliphatic rings. The maximum atomic E-state index is 5.38. The molecule has 1 saturated carbocycles. The Morgan fingerprint density at radius 2 is 1.58 bits per heavy atom. The van der Waals surface area contributed by atoms with Gasteiger partial charge in [-0.15, -0.1) is 6.42 Å². The zero-order valence-electron chi connectivity index (χ0n) is 12.2. The highest BCUT2D eigenvalue weighted by Gasteiger charge is 2.20. The average Bonchev–Trinajstić information content (AvgIpc) is 2.47. The van der Waals surface area contributed by atoms with Gasteiger partial charge in [0.1, 0.15) is 0 Å². The lowest BCUT2D eigenvalue weighted by Crippen LogP contribution is -2.15. The molecule has 19 heavy (non-hydrogen) atoms. The van der Waals surface area contributed by atoms with E-state index in [2.05, 4.69) is 37.1 Å². The Morgan fingerprint density at radius 3 is 2.11 bits per heavy atom. The first-order chi connectivity index (χ1) is 9.31. The van der Waals surface area contributed by atoms with Crippen LogP contribution in [0.4, 0.5) is 0 Å². The van der Waals surface area contributed by atoms with E-state index >= 15 is 0 Å². The van der Waals surface area contributed by atoms with Gasteiger partial charge in [-0.3, -0.25) is 0 Å². The van der Waals surface area contributed by atoms with E-state index in [-0.39, 0.29) is 0 Å². The summed E-state index contributed by atoms with van der Waals surface area (Å²) < 4.78 is 0. The fraction of sp³-hybridized carbons (Fsp3) is 0.579. The molecule has 0 nitrogen and oxygen atoms in total. The molecule has 0 N–H and O–H groups in total. The molecule has 0 amide bonds. The molecular formula is C19H26. The maximum Gasteiger partial charge on any atom is 0.0242 e. The van der Waals surface area contributed by atoms with Crippen LogP contribution < -0.4 is 0 Å². The van der Waals surface area contributed by atoms with Crippen molar-refractivity contribution < 1.29 is 0 Å². The van der Waals surface area contributed by atoms with Crippen molar-refractivity contribution in [1.82, 2.24) is 0 Å². The molecule has 0 aliphatic heterocycles. The van der Waals surface area contributed by atoms with E-state index in [0.717, 1.165) is 17.4 Å². The van der Waals surface area contributed by atoms with Gasteiger partial charge in [-0.2, -0.15) is 0 Å². The molecule has 0 heterocycles. The minimum Gasteiger partial charge on any atom is -0.115 e. The standard InChI is InChI=1S/C19H26/c1-3-5-17-10-12-19(13-11-17)15-14-18-8-6-16(4-2)7-9-18/h2,6-9,17,19H,3,5,10-15H2,1H3. The third-order valence-electron chi connectivity index (χ3n) is 4.63. The largest absolute Gasteiger partial charge is 0.115 e. The number of aryl methyl sites for hydroxylation is 1. The van der Waals surface area contributed by atoms with Crippen LogP contribution >= 0.6 is 0 Å². The number of hydrogen-bond donors (Lipinski definition) is 0. The first-order valence-corrected chi connectivity index (χ1v) is 7.87. The zero-order chi connectivity index (χ0) is 13.5. The van der Waals surface area contributed by atoms with Gasteiger partial charge in [-0.25, -0.2) is 0 Å². The van der Waals surface area contributed by atoms with Crippen molar-refractivity contribution in [1.29, 1.82) is 0 Å². The molecule has 1 aromatic rings. The Kier molecular flexibility index (Phi) is 5.52. The van der Waals surface area contributed by atoms with Gasteiger partial charge in [-0.1, -0.05) is 63.5 Å². The van der Waals surface area contributed by atoms with E-state index in [1.807, 2.05) is 0 Å². The van der Waals surface area contributed by atoms with Crippen LogP contribution in [0.5, 0.6) is 0 Å². The molecule has 0 unspecified atom stereocenters. The summed E-state index contributed by atoms with van der Waals surface area (Å²) in [4.78, 5) is 0. The SMILES string of the molecule is C#Cc1ccc(CCC2CCC(CCC)CC2)cc1. The highest BCUT2D eigenvalue weighted by Crippen LogP contribution is 2.33. The van der Waals surface area contributed by atoms with Gasteiger partial charge >= 0.3 is 0 Å². The molecule has 0 spiro atoms. The fourth-order valence-corrected chi connectivity index (χ4v) is 3.36. The van der Waals surface area contributed by atoms with Crippen molar-refractivity contribution in [3.05, 3.63) is 35.4 Å². The third kappa shape index (κ3) is 4.43. The molecule has 0 aromatic heterocycles. The molecular weight excluding hydrogens is 228 g/mol. The number of rotatable bonds is 5. The Labute approximate surface area is 118 Å². The van der Waals surface area contributed by atoms with Gasteiger partial charge in [0.15, 0.2) is 0 Å². The summed E-state index contributed by atoms with van der Waals surface area (Å²) in [5.74, 6) is 4.66. The maximum absolute atomic E-state index is 5.38. The van der Waals surface area contributed by atoms with Crippen molar-refractivity contribution >= 4 is 0 Å². The van der Waals surface area contributed by atoms with Crippen molar-refractivity contribution in [2.75, 3.05) is 0 Å². The summed E-state index contributed by atoms with van der Waals surface area (Å²) in [5.41, 5.74) is 2.43. The van der Waals surface area contributed by atoms with Crippen LogP contribution in [0.15, 0.2) is 24.3 Å². The van der Waals surface area contributed by atoms with Gasteiger partial charge in [0.25, 0.3) is 0 Å². The van der Waals surface area contributed by atoms with Gasteiger partial charge in [0, 0.05) is 5.56 Å². The lowest BCUT2D eigenvalue weighted by Gasteiger charge is -2.28. The molecule has 1 aromatic carbocycles. The zero-order valence-corrected chi connectivity index (χ0v) is 12.2. The summed E-state index contributed by atoms with van der Waals surface area (Å²) in [6, 6.07) is 8.51. The number of benzene rings is 1. The average molecular weight is 254 g/mol. The van der Waals surface area contributed by atoms with Crippen molar-refractivity contribution in [3.63, 3.8) is 0 Å². The summed E-state index contributed by atoms with van der Waals surface area (Å²) >= 11 is 0. The molecule has 0 atom stereocenters. The lowest BCUT2D eigenvalue weighted by atomic mass is 9.78. The monoisotopic (exact) mass is 254 g/mol. The predicted molar refractivity (Wildman–Crippen MR) is 83.1 cm³/mol. The van der Waals surface area contributed by atoms with Gasteiger partial charge in [0.2, 0.25) is 0 Å². The van der Waals surface area contributed by atoms with Crippen molar-refractivity contribution in [2.45, 2.75) is 58.3 Å². The summed E-state index contributed by atoms with van der Waals surface area (Å²) in [5, 5.41) is 0. The van der Waals surface area contributed by atoms with Gasteiger partial charge < -0.3 is 0 Å². The first kappa shape index (κ1) is 14.2. The van der Waals surface area contributed by atoms with Crippen LogP contribution in [0.25, 0.3) is 0 Å². The Bertz CT molecular complexity index is 399. The van der Waals surface area contributed by atoms with Gasteiger partial charge in [-0.05, 0) is 42.4 Å². The molecule has 0 radical (unpaired) electrons. The second-order valence-electron chi connectivity index (χ2n) is 6.06. The van der Waals surface area contributed by atoms with Crippen LogP contribution in [0.2, 0.25) is 0 Å². The van der Waals surface area contributed by atoms with Crippen molar-refractivity contribution in [2.24, 2.45) is 11.8 Å². The number of terminal acetylenes is 1. The van der Waals surface area contributed by atoms with E-state index in [1.54, 1.807) is 0 Å². The summed E-state index contributed by atoms with van der Waals surface area (Å²) in [6.45, 7) is 2.31. The van der Waals surface area contributed by atoms with Crippen LogP contribution in [0, 0.1) is 24.2 Å². The Morgan fingerprint density at radius 1 is 1.00 bits per heavy atom. The quantitative estimate of drug-likeness (QED) is 0.633. The normalized spacial score (nSPS) is 22.9. The minimum absolute atomic E-state index is 0.959. The molecule has 0 bridgehead atoms. The van der Waals surface area contributed by atoms with E-state index in [0.29, 0.717) is 0 Å². The lowest BCUT2D eigenvalue weighted by molar-refractivity contribution is 0.252. The second-order valence-corrected chi connectivity index (χ2v) is 6.06. The molecule has 1 fully saturated rings. The van der Waals surface area contributed by atoms with Crippen LogP contribution in [0.3, 0.4) is 0 Å². The predicted octanol–water partition coefficient (Wildman–Crippen LogP) is 5.21. The van der Waals surface area contributed by atoms with Crippen LogP contribution in [-0.4, -0.2) is 0 Å². The molecule has 2 rings (SSSR count). The molecule has 0 heteroatoms. The topological polar surface area (TPSA) is 0 Å². The van der Waals surface area contributed by atoms with Crippen molar-refractivity contribution in [3.8, 4) is 12.3 Å². The molecule has 102 valence electrons. The highest BCUT2D eigenvalue weighted by molar-refractivity contribution is 5.34. The second kappa shape index (κ2) is 7.39. The van der Waals surface area contributed by atoms with E-state index < -0.39 is 0 Å². The van der Waals surface area contributed by atoms with E-state index in [9.17, 15) is 0 Å². The van der Waals surface area contributed by atoms with E-state index in [4.69, 9.17) is 6.42 Å². The highest BCUT2D eigenvalue weighted by atomic mass is 14.3. The third-order valence-corrected chi connectivity index (χ3v) is 4.63. The summed E-state index contributed by atoms with van der Waals surface area (Å²) in [7, 11) is 0. The van der Waals surface area contributed by atoms with Crippen LogP contribution in [-0.2, 0) is 6.42 Å². The smallest absolute Gasteiger partial charge is 0.0242 e. The fourth-order valence-electron chi connectivity index (χ4n) is 3.36. The minimum atomic E-state index is 0.959. The molecule has 1 aliphatic carbocycles. The first-order valence-electron chi connectivity index (χ1n) is 7.87. The van der Waals surface area contributed by atoms with E-state index in [1.165, 1.54) is 56.9 Å². The van der Waals surface area contributed by atoms with Crippen LogP contribution in [0.1, 0.15) is 63.0 Å². The summed E-state index contributed by atoms with van der Waals surface area (Å²) in [6.07, 6.45) is 16.6. The van der Waals surface area contributed by atoms with Gasteiger partial charge in [0.05, 0.1) is 0 Å². The molecule has 0 saturated heterocycles. The Balaban J connectivity index is 1.73. The number of hydrogen-bond acceptors (Lipinski definition) is 0. The Hall–Kier alpha value is -1.22.